The molecule has 0 radical (unpaired) electrons. The van der Waals surface area contributed by atoms with Crippen LogP contribution in [0.3, 0.4) is 0 Å². The fraction of sp³-hybridized carbons (Fsp3) is 0. The Labute approximate surface area is 362 Å². The molecule has 11 aromatic rings. The summed E-state index contributed by atoms with van der Waals surface area (Å²) in [6.07, 6.45) is 0. The Kier molecular flexibility index (Phi) is 9.57. The number of hydrogen-bond acceptors (Lipinski definition) is 1. The predicted molar refractivity (Wildman–Crippen MR) is 263 cm³/mol. The summed E-state index contributed by atoms with van der Waals surface area (Å²) in [5.74, 6) is 0. The van der Waals surface area contributed by atoms with Crippen LogP contribution in [0.2, 0.25) is 0 Å². The van der Waals surface area contributed by atoms with Crippen LogP contribution in [-0.4, -0.2) is 4.57 Å². The molecule has 292 valence electrons. The van der Waals surface area contributed by atoms with Gasteiger partial charge in [0.05, 0.1) is 16.7 Å². The van der Waals surface area contributed by atoms with E-state index in [-0.39, 0.29) is 0 Å². The molecule has 0 bridgehead atoms. The molecular weight excluding hydrogens is 749 g/mol. The highest BCUT2D eigenvalue weighted by Gasteiger charge is 2.20. The van der Waals surface area contributed by atoms with Crippen LogP contribution in [0.1, 0.15) is 0 Å². The van der Waals surface area contributed by atoms with Crippen LogP contribution >= 0.6 is 0 Å². The zero-order valence-electron chi connectivity index (χ0n) is 34.1. The van der Waals surface area contributed by atoms with Crippen molar-refractivity contribution < 1.29 is 0 Å². The lowest BCUT2D eigenvalue weighted by molar-refractivity contribution is 1.18. The van der Waals surface area contributed by atoms with Gasteiger partial charge in [-0.3, -0.25) is 0 Å². The van der Waals surface area contributed by atoms with Gasteiger partial charge in [-0.15, -0.1) is 0 Å². The van der Waals surface area contributed by atoms with Gasteiger partial charge < -0.3 is 9.47 Å². The Morgan fingerprint density at radius 2 is 0.645 bits per heavy atom. The second-order valence-corrected chi connectivity index (χ2v) is 15.7. The van der Waals surface area contributed by atoms with E-state index in [1.54, 1.807) is 0 Å². The first-order valence-corrected chi connectivity index (χ1v) is 21.3. The first-order chi connectivity index (χ1) is 30.8. The summed E-state index contributed by atoms with van der Waals surface area (Å²) in [6.45, 7) is 0. The van der Waals surface area contributed by atoms with Crippen molar-refractivity contribution in [2.24, 2.45) is 0 Å². The van der Waals surface area contributed by atoms with E-state index >= 15 is 0 Å². The highest BCUT2D eigenvalue weighted by molar-refractivity contribution is 6.17. The molecular formula is C60H42N2. The largest absolute Gasteiger partial charge is 0.311 e. The third-order valence-corrected chi connectivity index (χ3v) is 12.0. The van der Waals surface area contributed by atoms with E-state index in [1.165, 1.54) is 71.9 Å². The molecule has 0 atom stereocenters. The third-order valence-electron chi connectivity index (χ3n) is 12.0. The van der Waals surface area contributed by atoms with Crippen molar-refractivity contribution in [3.63, 3.8) is 0 Å². The summed E-state index contributed by atoms with van der Waals surface area (Å²) in [5.41, 5.74) is 18.7. The Bertz CT molecular complexity index is 3200. The molecule has 2 heteroatoms. The normalized spacial score (nSPS) is 11.2. The lowest BCUT2D eigenvalue weighted by atomic mass is 9.97. The van der Waals surface area contributed by atoms with E-state index in [1.807, 2.05) is 0 Å². The number of anilines is 3. The monoisotopic (exact) mass is 790 g/mol. The molecule has 0 aliphatic rings. The van der Waals surface area contributed by atoms with Gasteiger partial charge in [-0.1, -0.05) is 194 Å². The molecule has 11 rings (SSSR count). The first kappa shape index (κ1) is 36.8. The molecule has 0 aliphatic heterocycles. The molecule has 1 heterocycles. The minimum Gasteiger partial charge on any atom is -0.311 e. The number of aromatic nitrogens is 1. The van der Waals surface area contributed by atoms with Gasteiger partial charge in [0.15, 0.2) is 0 Å². The molecule has 1 aromatic heterocycles. The van der Waals surface area contributed by atoms with Crippen molar-refractivity contribution in [3.8, 4) is 61.3 Å². The van der Waals surface area contributed by atoms with Gasteiger partial charge in [0.25, 0.3) is 0 Å². The van der Waals surface area contributed by atoms with Gasteiger partial charge in [-0.05, 0) is 111 Å². The van der Waals surface area contributed by atoms with Crippen LogP contribution in [0.25, 0.3) is 83.1 Å². The number of benzene rings is 10. The van der Waals surface area contributed by atoms with Gasteiger partial charge in [0, 0.05) is 33.4 Å². The smallest absolute Gasteiger partial charge is 0.0547 e. The summed E-state index contributed by atoms with van der Waals surface area (Å²) < 4.78 is 2.46. The molecule has 0 spiro atoms. The molecule has 0 unspecified atom stereocenters. The maximum absolute atomic E-state index is 2.46. The number of fused-ring (bicyclic) bond motifs is 3. The van der Waals surface area contributed by atoms with E-state index < -0.39 is 0 Å². The van der Waals surface area contributed by atoms with Crippen LogP contribution in [-0.2, 0) is 0 Å². The maximum atomic E-state index is 2.46. The zero-order valence-corrected chi connectivity index (χ0v) is 34.1. The fourth-order valence-electron chi connectivity index (χ4n) is 9.02. The molecule has 0 fully saturated rings. The van der Waals surface area contributed by atoms with Crippen LogP contribution < -0.4 is 4.90 Å². The summed E-state index contributed by atoms with van der Waals surface area (Å²) in [7, 11) is 0. The van der Waals surface area contributed by atoms with E-state index in [2.05, 4.69) is 264 Å². The predicted octanol–water partition coefficient (Wildman–Crippen LogP) is 16.6. The van der Waals surface area contributed by atoms with Crippen molar-refractivity contribution in [2.75, 3.05) is 4.90 Å². The maximum Gasteiger partial charge on any atom is 0.0547 e. The Morgan fingerprint density at radius 1 is 0.258 bits per heavy atom. The summed E-state index contributed by atoms with van der Waals surface area (Å²) >= 11 is 0. The van der Waals surface area contributed by atoms with E-state index in [0.29, 0.717) is 0 Å². The van der Waals surface area contributed by atoms with Crippen LogP contribution in [0, 0.1) is 0 Å². The zero-order chi connectivity index (χ0) is 41.2. The number of para-hydroxylation sites is 1. The fourth-order valence-corrected chi connectivity index (χ4v) is 9.02. The van der Waals surface area contributed by atoms with E-state index in [0.717, 1.165) is 28.3 Å². The van der Waals surface area contributed by atoms with Gasteiger partial charge in [0.2, 0.25) is 0 Å². The summed E-state index contributed by atoms with van der Waals surface area (Å²) in [6, 6.07) is 92.0. The topological polar surface area (TPSA) is 8.17 Å². The summed E-state index contributed by atoms with van der Waals surface area (Å²) in [4.78, 5) is 2.35. The van der Waals surface area contributed by atoms with Crippen molar-refractivity contribution in [1.82, 2.24) is 4.57 Å². The minimum atomic E-state index is 1.09. The third kappa shape index (κ3) is 6.84. The van der Waals surface area contributed by atoms with Gasteiger partial charge in [0.1, 0.15) is 0 Å². The standard InChI is InChI=1S/C60H42N2/c1-5-16-43(17-6-1)46-28-35-51(36-29-46)61(52-37-30-47(31-38-52)44-18-7-2-8-19-44)53-39-32-49(33-40-53)54-24-13-14-26-57(54)62-58-41-34-50(45-20-9-3-10-21-45)42-56(58)60-55(25-15-27-59(60)62)48-22-11-4-12-23-48/h1-42H. The molecule has 0 aliphatic carbocycles. The quantitative estimate of drug-likeness (QED) is 0.141. The van der Waals surface area contributed by atoms with Gasteiger partial charge in [-0.25, -0.2) is 0 Å². The Balaban J connectivity index is 1.03. The van der Waals surface area contributed by atoms with Crippen LogP contribution in [0.5, 0.6) is 0 Å². The Hall–Kier alpha value is -8.20. The number of rotatable bonds is 9. The SMILES string of the molecule is c1ccc(-c2ccc(N(c3ccc(-c4ccccc4)cc3)c3ccc(-c4ccccc4-n4c5ccc(-c6ccccc6)cc5c5c(-c6ccccc6)cccc54)cc3)cc2)cc1. The molecule has 0 N–H and O–H groups in total. The number of hydrogen-bond donors (Lipinski definition) is 0. The molecule has 0 saturated heterocycles. The van der Waals surface area contributed by atoms with E-state index in [4.69, 9.17) is 0 Å². The second kappa shape index (κ2) is 16.1. The molecule has 2 nitrogen and oxygen atoms in total. The average Bonchev–Trinajstić information content (AvgIpc) is 3.69. The number of nitrogens with zero attached hydrogens (tertiary/aromatic N) is 2. The van der Waals surface area contributed by atoms with Crippen molar-refractivity contribution in [2.45, 2.75) is 0 Å². The highest BCUT2D eigenvalue weighted by atomic mass is 15.1. The summed E-state index contributed by atoms with van der Waals surface area (Å²) in [5, 5.41) is 2.49. The minimum absolute atomic E-state index is 1.09. The van der Waals surface area contributed by atoms with Crippen molar-refractivity contribution in [3.05, 3.63) is 255 Å². The lowest BCUT2D eigenvalue weighted by Crippen LogP contribution is -2.09. The highest BCUT2D eigenvalue weighted by Crippen LogP contribution is 2.43. The molecule has 0 saturated carbocycles. The average molecular weight is 791 g/mol. The first-order valence-electron chi connectivity index (χ1n) is 21.3. The molecule has 10 aromatic carbocycles. The van der Waals surface area contributed by atoms with E-state index in [9.17, 15) is 0 Å². The lowest BCUT2D eigenvalue weighted by Gasteiger charge is -2.26. The molecule has 0 amide bonds. The van der Waals surface area contributed by atoms with Crippen molar-refractivity contribution >= 4 is 38.9 Å². The van der Waals surface area contributed by atoms with Crippen LogP contribution in [0.15, 0.2) is 255 Å². The van der Waals surface area contributed by atoms with Crippen molar-refractivity contribution in [1.29, 1.82) is 0 Å². The molecule has 62 heavy (non-hydrogen) atoms. The Morgan fingerprint density at radius 3 is 1.18 bits per heavy atom. The van der Waals surface area contributed by atoms with Crippen LogP contribution in [0.4, 0.5) is 17.1 Å². The second-order valence-electron chi connectivity index (χ2n) is 15.7. The van der Waals surface area contributed by atoms with Gasteiger partial charge >= 0.3 is 0 Å². The van der Waals surface area contributed by atoms with Gasteiger partial charge in [-0.2, -0.15) is 0 Å².